The number of Topliss-reactive ketones (excluding diaryl/α,β-unsaturated/α-hetero) is 1. The van der Waals surface area contributed by atoms with Crippen molar-refractivity contribution in [2.75, 3.05) is 6.54 Å². The molecule has 0 bridgehead atoms. The Morgan fingerprint density at radius 3 is 2.42 bits per heavy atom. The van der Waals surface area contributed by atoms with E-state index in [0.29, 0.717) is 18.5 Å². The van der Waals surface area contributed by atoms with Crippen LogP contribution in [0.2, 0.25) is 0 Å². The number of aromatic hydroxyl groups is 1. The first-order valence-corrected chi connectivity index (χ1v) is 3.76. The van der Waals surface area contributed by atoms with Gasteiger partial charge in [-0.3, -0.25) is 4.79 Å². The van der Waals surface area contributed by atoms with E-state index in [1.807, 2.05) is 0 Å². The monoisotopic (exact) mass is 165 g/mol. The molecule has 0 unspecified atom stereocenters. The second kappa shape index (κ2) is 3.88. The summed E-state index contributed by atoms with van der Waals surface area (Å²) >= 11 is 0. The number of hydrogen-bond donors (Lipinski definition) is 2. The Hall–Kier alpha value is -1.35. The van der Waals surface area contributed by atoms with Crippen LogP contribution in [0.1, 0.15) is 16.8 Å². The molecule has 1 rings (SSSR count). The second-order valence-electron chi connectivity index (χ2n) is 2.51. The molecule has 0 atom stereocenters. The Labute approximate surface area is 70.8 Å². The van der Waals surface area contributed by atoms with E-state index in [-0.39, 0.29) is 11.5 Å². The number of ketones is 1. The van der Waals surface area contributed by atoms with Crippen LogP contribution >= 0.6 is 0 Å². The van der Waals surface area contributed by atoms with Crippen LogP contribution in [-0.4, -0.2) is 17.4 Å². The predicted octanol–water partition coefficient (Wildman–Crippen LogP) is 0.924. The molecule has 0 aromatic heterocycles. The Kier molecular flexibility index (Phi) is 2.82. The first-order chi connectivity index (χ1) is 5.74. The highest BCUT2D eigenvalue weighted by atomic mass is 16.3. The highest BCUT2D eigenvalue weighted by Crippen LogP contribution is 2.10. The molecule has 0 heterocycles. The van der Waals surface area contributed by atoms with Gasteiger partial charge in [0.1, 0.15) is 5.75 Å². The first-order valence-electron chi connectivity index (χ1n) is 3.76. The maximum Gasteiger partial charge on any atom is 0.164 e. The summed E-state index contributed by atoms with van der Waals surface area (Å²) in [6.45, 7) is 0.361. The SMILES string of the molecule is NCCC(=O)c1ccc(O)cc1. The molecular formula is C9H11NO2. The summed E-state index contributed by atoms with van der Waals surface area (Å²) in [5.41, 5.74) is 5.82. The van der Waals surface area contributed by atoms with Crippen molar-refractivity contribution in [3.05, 3.63) is 29.8 Å². The summed E-state index contributed by atoms with van der Waals surface area (Å²) in [5.74, 6) is 0.178. The highest BCUT2D eigenvalue weighted by Gasteiger charge is 2.02. The number of rotatable bonds is 3. The van der Waals surface area contributed by atoms with Crippen LogP contribution in [0.5, 0.6) is 5.75 Å². The van der Waals surface area contributed by atoms with Gasteiger partial charge in [0.05, 0.1) is 0 Å². The molecule has 0 radical (unpaired) electrons. The minimum absolute atomic E-state index is 0.0116. The summed E-state index contributed by atoms with van der Waals surface area (Å²) in [7, 11) is 0. The number of carbonyl (C=O) groups is 1. The van der Waals surface area contributed by atoms with Gasteiger partial charge in [0.25, 0.3) is 0 Å². The van der Waals surface area contributed by atoms with Crippen molar-refractivity contribution in [1.82, 2.24) is 0 Å². The quantitative estimate of drug-likeness (QED) is 0.655. The molecule has 0 amide bonds. The smallest absolute Gasteiger partial charge is 0.164 e. The van der Waals surface area contributed by atoms with E-state index in [1.165, 1.54) is 12.1 Å². The zero-order chi connectivity index (χ0) is 8.97. The summed E-state index contributed by atoms with van der Waals surface area (Å²) in [6, 6.07) is 6.16. The average Bonchev–Trinajstić information content (AvgIpc) is 2.06. The lowest BCUT2D eigenvalue weighted by Gasteiger charge is -1.98. The lowest BCUT2D eigenvalue weighted by molar-refractivity contribution is 0.0985. The zero-order valence-electron chi connectivity index (χ0n) is 6.66. The molecule has 0 saturated heterocycles. The van der Waals surface area contributed by atoms with Gasteiger partial charge in [0, 0.05) is 12.0 Å². The van der Waals surface area contributed by atoms with Crippen LogP contribution in [0.15, 0.2) is 24.3 Å². The summed E-state index contributed by atoms with van der Waals surface area (Å²) in [4.78, 5) is 11.2. The molecule has 0 saturated carbocycles. The zero-order valence-corrected chi connectivity index (χ0v) is 6.66. The molecule has 1 aromatic rings. The van der Waals surface area contributed by atoms with E-state index >= 15 is 0 Å². The van der Waals surface area contributed by atoms with Gasteiger partial charge in [-0.05, 0) is 30.8 Å². The number of nitrogens with two attached hydrogens (primary N) is 1. The predicted molar refractivity (Wildman–Crippen MR) is 46.1 cm³/mol. The molecular weight excluding hydrogens is 154 g/mol. The van der Waals surface area contributed by atoms with E-state index in [2.05, 4.69) is 0 Å². The molecule has 64 valence electrons. The number of benzene rings is 1. The lowest BCUT2D eigenvalue weighted by Crippen LogP contribution is -2.07. The Morgan fingerprint density at radius 1 is 1.33 bits per heavy atom. The number of hydrogen-bond acceptors (Lipinski definition) is 3. The maximum absolute atomic E-state index is 11.2. The normalized spacial score (nSPS) is 9.75. The van der Waals surface area contributed by atoms with Crippen LogP contribution in [-0.2, 0) is 0 Å². The van der Waals surface area contributed by atoms with Gasteiger partial charge in [-0.2, -0.15) is 0 Å². The van der Waals surface area contributed by atoms with Gasteiger partial charge in [-0.15, -0.1) is 0 Å². The van der Waals surface area contributed by atoms with Gasteiger partial charge >= 0.3 is 0 Å². The van der Waals surface area contributed by atoms with Crippen LogP contribution in [0, 0.1) is 0 Å². The lowest BCUT2D eigenvalue weighted by atomic mass is 10.1. The van der Waals surface area contributed by atoms with Gasteiger partial charge in [0.15, 0.2) is 5.78 Å². The summed E-state index contributed by atoms with van der Waals surface area (Å²) < 4.78 is 0. The largest absolute Gasteiger partial charge is 0.508 e. The molecule has 3 N–H and O–H groups in total. The van der Waals surface area contributed by atoms with E-state index < -0.39 is 0 Å². The standard InChI is InChI=1S/C9H11NO2/c10-6-5-9(12)7-1-3-8(11)4-2-7/h1-4,11H,5-6,10H2. The summed E-state index contributed by atoms with van der Waals surface area (Å²) in [5, 5.41) is 8.93. The van der Waals surface area contributed by atoms with Gasteiger partial charge in [0.2, 0.25) is 0 Å². The molecule has 0 fully saturated rings. The molecule has 1 aromatic carbocycles. The molecule has 0 spiro atoms. The first kappa shape index (κ1) is 8.74. The Balaban J connectivity index is 2.75. The van der Waals surface area contributed by atoms with E-state index in [1.54, 1.807) is 12.1 Å². The fourth-order valence-corrected chi connectivity index (χ4v) is 0.923. The van der Waals surface area contributed by atoms with E-state index in [4.69, 9.17) is 10.8 Å². The van der Waals surface area contributed by atoms with Crippen LogP contribution in [0.4, 0.5) is 0 Å². The Bertz CT molecular complexity index is 266. The van der Waals surface area contributed by atoms with E-state index in [9.17, 15) is 4.79 Å². The fourth-order valence-electron chi connectivity index (χ4n) is 0.923. The number of carbonyl (C=O) groups excluding carboxylic acids is 1. The highest BCUT2D eigenvalue weighted by molar-refractivity contribution is 5.96. The topological polar surface area (TPSA) is 63.3 Å². The van der Waals surface area contributed by atoms with Crippen molar-refractivity contribution in [1.29, 1.82) is 0 Å². The Morgan fingerprint density at radius 2 is 1.92 bits per heavy atom. The van der Waals surface area contributed by atoms with Crippen molar-refractivity contribution < 1.29 is 9.90 Å². The van der Waals surface area contributed by atoms with Crippen LogP contribution < -0.4 is 5.73 Å². The van der Waals surface area contributed by atoms with E-state index in [0.717, 1.165) is 0 Å². The average molecular weight is 165 g/mol. The summed E-state index contributed by atoms with van der Waals surface area (Å²) in [6.07, 6.45) is 0.352. The van der Waals surface area contributed by atoms with Gasteiger partial charge < -0.3 is 10.8 Å². The molecule has 0 aliphatic carbocycles. The number of phenols is 1. The number of phenolic OH excluding ortho intramolecular Hbond substituents is 1. The van der Waals surface area contributed by atoms with Crippen molar-refractivity contribution >= 4 is 5.78 Å². The van der Waals surface area contributed by atoms with Crippen LogP contribution in [0.25, 0.3) is 0 Å². The van der Waals surface area contributed by atoms with Crippen LogP contribution in [0.3, 0.4) is 0 Å². The van der Waals surface area contributed by atoms with Crippen molar-refractivity contribution in [3.8, 4) is 5.75 Å². The van der Waals surface area contributed by atoms with Crippen molar-refractivity contribution in [3.63, 3.8) is 0 Å². The minimum atomic E-state index is 0.0116. The molecule has 0 aliphatic rings. The molecule has 3 nitrogen and oxygen atoms in total. The van der Waals surface area contributed by atoms with Gasteiger partial charge in [-0.1, -0.05) is 0 Å². The molecule has 12 heavy (non-hydrogen) atoms. The third kappa shape index (κ3) is 2.07. The van der Waals surface area contributed by atoms with Crippen molar-refractivity contribution in [2.45, 2.75) is 6.42 Å². The third-order valence-corrected chi connectivity index (χ3v) is 1.56. The maximum atomic E-state index is 11.2. The fraction of sp³-hybridized carbons (Fsp3) is 0.222. The minimum Gasteiger partial charge on any atom is -0.508 e. The molecule has 0 aliphatic heterocycles. The third-order valence-electron chi connectivity index (χ3n) is 1.56. The van der Waals surface area contributed by atoms with Gasteiger partial charge in [-0.25, -0.2) is 0 Å². The molecule has 3 heteroatoms. The second-order valence-corrected chi connectivity index (χ2v) is 2.51. The van der Waals surface area contributed by atoms with Crippen molar-refractivity contribution in [2.24, 2.45) is 5.73 Å².